The van der Waals surface area contributed by atoms with Gasteiger partial charge in [-0.15, -0.1) is 0 Å². The molecule has 10 amide bonds. The first kappa shape index (κ1) is 58.7. The van der Waals surface area contributed by atoms with Crippen molar-refractivity contribution in [2.45, 2.75) is 107 Å². The fourth-order valence-electron chi connectivity index (χ4n) is 7.72. The number of carbonyl (C=O) groups is 10. The molecule has 0 bridgehead atoms. The van der Waals surface area contributed by atoms with Crippen LogP contribution in [0.1, 0.15) is 50.7 Å². The first-order chi connectivity index (χ1) is 36.3. The molecule has 8 atom stereocenters. The van der Waals surface area contributed by atoms with Gasteiger partial charge in [0.1, 0.15) is 61.0 Å². The number of nitrogens with two attached hydrogens (primary N) is 4. The zero-order valence-electron chi connectivity index (χ0n) is 41.6. The molecule has 1 saturated heterocycles. The normalized spacial score (nSPS) is 22.0. The van der Waals surface area contributed by atoms with Gasteiger partial charge in [0.05, 0.1) is 6.54 Å². The van der Waals surface area contributed by atoms with Crippen LogP contribution in [0, 0.1) is 0 Å². The third-order valence-electron chi connectivity index (χ3n) is 11.7. The number of fused-ring (bicyclic) bond motifs is 1. The van der Waals surface area contributed by atoms with Gasteiger partial charge in [-0.1, -0.05) is 70.1 Å². The van der Waals surface area contributed by atoms with E-state index in [0.29, 0.717) is 11.1 Å². The Balaban J connectivity index is 1.54. The molecule has 76 heavy (non-hydrogen) atoms. The Morgan fingerprint density at radius 2 is 1.37 bits per heavy atom. The number of carbonyl (C=O) groups excluding carboxylic acids is 10. The lowest BCUT2D eigenvalue weighted by Crippen LogP contribution is -2.60. The maximum Gasteiger partial charge on any atom is 0.245 e. The SMILES string of the molecule is CC(=O)N[C@@H](Cn1cncn1)C(=O)N[C@H]1CSSC[C@@H](C(N)=O)NC(=O)[C@H](Cc2c[nH]c3ccccc23)NC(=O)[C@H](CCCN=C(N)N)NC(=O)[C@@H](Cc2ccccc2)NC(=O)[C@H](CCC(N)=O)NC(=O)[C@H](C)NC1=O. The molecule has 4 aromatic rings. The van der Waals surface area contributed by atoms with Gasteiger partial charge in [0.2, 0.25) is 59.1 Å². The quantitative estimate of drug-likeness (QED) is 0.0210. The molecule has 0 saturated carbocycles. The van der Waals surface area contributed by atoms with Crippen LogP contribution in [0.2, 0.25) is 0 Å². The van der Waals surface area contributed by atoms with E-state index in [-0.39, 0.29) is 62.7 Å². The molecule has 408 valence electrons. The van der Waals surface area contributed by atoms with E-state index in [9.17, 15) is 47.9 Å². The van der Waals surface area contributed by atoms with Gasteiger partial charge in [0.25, 0.3) is 0 Å². The number of H-pyrrole nitrogens is 1. The summed E-state index contributed by atoms with van der Waals surface area (Å²) in [5, 5.41) is 25.6. The van der Waals surface area contributed by atoms with E-state index in [0.717, 1.165) is 32.5 Å². The van der Waals surface area contributed by atoms with E-state index in [1.807, 2.05) is 18.2 Å². The number of aromatic amines is 1. The number of hydrogen-bond donors (Lipinski definition) is 13. The van der Waals surface area contributed by atoms with E-state index in [2.05, 4.69) is 62.6 Å². The molecule has 0 aliphatic carbocycles. The lowest BCUT2D eigenvalue weighted by atomic mass is 10.0. The van der Waals surface area contributed by atoms with Crippen molar-refractivity contribution in [3.05, 3.63) is 84.6 Å². The first-order valence-corrected chi connectivity index (χ1v) is 26.4. The number of rotatable bonds is 17. The van der Waals surface area contributed by atoms with Crippen molar-refractivity contribution in [3.63, 3.8) is 0 Å². The molecule has 27 nitrogen and oxygen atoms in total. The zero-order valence-corrected chi connectivity index (χ0v) is 43.2. The number of para-hydroxylation sites is 1. The van der Waals surface area contributed by atoms with Gasteiger partial charge in [0, 0.05) is 61.3 Å². The summed E-state index contributed by atoms with van der Waals surface area (Å²) in [7, 11) is 1.96. The van der Waals surface area contributed by atoms with Gasteiger partial charge in [-0.2, -0.15) is 5.10 Å². The van der Waals surface area contributed by atoms with E-state index in [1.54, 1.807) is 42.6 Å². The Hall–Kier alpha value is -8.21. The summed E-state index contributed by atoms with van der Waals surface area (Å²) in [6, 6.07) is 4.49. The van der Waals surface area contributed by atoms with Crippen LogP contribution in [-0.2, 0) is 67.3 Å². The maximum absolute atomic E-state index is 14.6. The smallest absolute Gasteiger partial charge is 0.245 e. The van der Waals surface area contributed by atoms with Crippen molar-refractivity contribution in [1.82, 2.24) is 62.3 Å². The number of aromatic nitrogens is 4. The topological polar surface area (TPSA) is 430 Å². The fraction of sp³-hybridized carbons (Fsp3) is 0.426. The zero-order chi connectivity index (χ0) is 55.3. The number of amides is 10. The summed E-state index contributed by atoms with van der Waals surface area (Å²) in [5.41, 5.74) is 24.3. The first-order valence-electron chi connectivity index (χ1n) is 24.0. The average Bonchev–Trinajstić information content (AvgIpc) is 4.05. The highest BCUT2D eigenvalue weighted by atomic mass is 33.1. The molecule has 5 rings (SSSR count). The van der Waals surface area contributed by atoms with Gasteiger partial charge in [-0.05, 0) is 43.4 Å². The van der Waals surface area contributed by atoms with Gasteiger partial charge >= 0.3 is 0 Å². The second-order valence-corrected chi connectivity index (χ2v) is 20.2. The maximum atomic E-state index is 14.6. The molecule has 29 heteroatoms. The molecule has 2 aromatic carbocycles. The number of nitrogens with zero attached hydrogens (tertiary/aromatic N) is 4. The predicted octanol–water partition coefficient (Wildman–Crippen LogP) is -3.64. The Morgan fingerprint density at radius 1 is 0.750 bits per heavy atom. The Kier molecular flexibility index (Phi) is 22.4. The summed E-state index contributed by atoms with van der Waals surface area (Å²) < 4.78 is 1.28. The minimum atomic E-state index is -1.52. The molecule has 1 aliphatic rings. The van der Waals surface area contributed by atoms with Gasteiger partial charge in [0.15, 0.2) is 5.96 Å². The summed E-state index contributed by atoms with van der Waals surface area (Å²) in [4.78, 5) is 148. The van der Waals surface area contributed by atoms with Crippen molar-refractivity contribution in [1.29, 1.82) is 0 Å². The van der Waals surface area contributed by atoms with Crippen molar-refractivity contribution in [2.75, 3.05) is 18.1 Å². The van der Waals surface area contributed by atoms with Gasteiger partial charge in [-0.3, -0.25) is 57.6 Å². The molecule has 17 N–H and O–H groups in total. The highest BCUT2D eigenvalue weighted by Crippen LogP contribution is 2.24. The van der Waals surface area contributed by atoms with Crippen LogP contribution in [0.25, 0.3) is 10.9 Å². The van der Waals surface area contributed by atoms with Crippen LogP contribution in [0.15, 0.2) is 78.4 Å². The standard InChI is InChI=1S/C47H63N17O10S2/c1-25-40(68)58-32(14-15-38(48)66)42(70)60-33(17-27-9-4-3-5-10-27)43(71)59-31(13-8-16-53-47(50)51)41(69)61-34(18-28-19-54-30-12-7-6-11-29(28)30)44(72)62-36(39(49)67)21-75-76-22-37(46(74)56-25)63-45(73)35(57-26(2)65)20-64-24-52-23-55-64/h3-7,9-12,19,23-25,31-37,54H,8,13-18,20-22H2,1-2H3,(H2,48,66)(H2,49,67)(H,56,74)(H,57,65)(H,58,68)(H,59,71)(H,60,70)(H,61,69)(H,62,72)(H,63,73)(H4,50,51,53)/t25-,31-,32-,33+,34-,35-,36-,37-/m0/s1. The summed E-state index contributed by atoms with van der Waals surface area (Å²) in [6.45, 7) is 2.32. The van der Waals surface area contributed by atoms with Crippen LogP contribution in [0.4, 0.5) is 0 Å². The Morgan fingerprint density at radius 3 is 2.03 bits per heavy atom. The van der Waals surface area contributed by atoms with Crippen molar-refractivity contribution >= 4 is 97.5 Å². The largest absolute Gasteiger partial charge is 0.370 e. The van der Waals surface area contributed by atoms with E-state index in [1.165, 1.54) is 31.2 Å². The third-order valence-corrected chi connectivity index (χ3v) is 14.1. The molecular weight excluding hydrogens is 1030 g/mol. The number of benzene rings is 2. The number of nitrogens with one attached hydrogen (secondary N) is 9. The van der Waals surface area contributed by atoms with Crippen LogP contribution in [-0.4, -0.2) is 151 Å². The fourth-order valence-corrected chi connectivity index (χ4v) is 10.1. The highest BCUT2D eigenvalue weighted by molar-refractivity contribution is 8.76. The second-order valence-electron chi connectivity index (χ2n) is 17.6. The number of guanidine groups is 1. The number of aliphatic imine (C=N–C) groups is 1. The predicted molar refractivity (Wildman–Crippen MR) is 281 cm³/mol. The minimum Gasteiger partial charge on any atom is -0.370 e. The lowest BCUT2D eigenvalue weighted by Gasteiger charge is -2.27. The van der Waals surface area contributed by atoms with E-state index >= 15 is 0 Å². The van der Waals surface area contributed by atoms with Crippen LogP contribution >= 0.6 is 21.6 Å². The third kappa shape index (κ3) is 18.6. The van der Waals surface area contributed by atoms with E-state index < -0.39 is 114 Å². The van der Waals surface area contributed by atoms with Gasteiger partial charge < -0.3 is 70.5 Å². The van der Waals surface area contributed by atoms with Gasteiger partial charge in [-0.25, -0.2) is 4.98 Å². The molecule has 3 heterocycles. The average molecular weight is 1090 g/mol. The molecule has 0 unspecified atom stereocenters. The number of primary amides is 2. The lowest BCUT2D eigenvalue weighted by molar-refractivity contribution is -0.135. The molecule has 1 aliphatic heterocycles. The molecule has 1 fully saturated rings. The minimum absolute atomic E-state index is 0.0379. The van der Waals surface area contributed by atoms with Crippen LogP contribution < -0.4 is 65.5 Å². The van der Waals surface area contributed by atoms with Crippen molar-refractivity contribution in [2.24, 2.45) is 27.9 Å². The molecule has 0 radical (unpaired) electrons. The van der Waals surface area contributed by atoms with Crippen LogP contribution in [0.5, 0.6) is 0 Å². The molecule has 0 spiro atoms. The Bertz CT molecular complexity index is 2720. The highest BCUT2D eigenvalue weighted by Gasteiger charge is 2.35. The Labute approximate surface area is 443 Å². The van der Waals surface area contributed by atoms with E-state index in [4.69, 9.17) is 22.9 Å². The summed E-state index contributed by atoms with van der Waals surface area (Å²) >= 11 is 0. The van der Waals surface area contributed by atoms with Crippen LogP contribution in [0.3, 0.4) is 0 Å². The summed E-state index contributed by atoms with van der Waals surface area (Å²) in [5.74, 6) is -9.13. The second kappa shape index (κ2) is 29.0. The molecule has 2 aromatic heterocycles. The van der Waals surface area contributed by atoms with Crippen molar-refractivity contribution in [3.8, 4) is 0 Å². The monoisotopic (exact) mass is 1090 g/mol. The molecular formula is C47H63N17O10S2. The number of hydrogen-bond acceptors (Lipinski definition) is 15. The summed E-state index contributed by atoms with van der Waals surface area (Å²) in [6.07, 6.45) is 3.23. The van der Waals surface area contributed by atoms with Crippen molar-refractivity contribution < 1.29 is 47.9 Å².